The predicted molar refractivity (Wildman–Crippen MR) is 108 cm³/mol. The van der Waals surface area contributed by atoms with Crippen molar-refractivity contribution >= 4 is 21.8 Å². The van der Waals surface area contributed by atoms with Crippen molar-refractivity contribution in [1.29, 1.82) is 0 Å². The third-order valence-corrected chi connectivity index (χ3v) is 7.49. The van der Waals surface area contributed by atoms with E-state index in [4.69, 9.17) is 4.74 Å². The minimum absolute atomic E-state index is 0.0249. The Morgan fingerprint density at radius 2 is 1.79 bits per heavy atom. The van der Waals surface area contributed by atoms with Gasteiger partial charge in [0.25, 0.3) is 0 Å². The second kappa shape index (κ2) is 7.72. The van der Waals surface area contributed by atoms with Gasteiger partial charge in [-0.25, -0.2) is 13.2 Å². The number of esters is 1. The summed E-state index contributed by atoms with van der Waals surface area (Å²) in [5, 5.41) is 0. The van der Waals surface area contributed by atoms with Crippen molar-refractivity contribution in [2.75, 3.05) is 13.1 Å². The van der Waals surface area contributed by atoms with Crippen molar-refractivity contribution in [2.45, 2.75) is 43.9 Å². The molecule has 0 amide bonds. The first-order valence-electron chi connectivity index (χ1n) is 9.86. The highest BCUT2D eigenvalue weighted by molar-refractivity contribution is 7.89. The van der Waals surface area contributed by atoms with E-state index in [2.05, 4.69) is 0 Å². The Kier molecular flexibility index (Phi) is 5.27. The van der Waals surface area contributed by atoms with E-state index in [0.29, 0.717) is 25.1 Å². The molecular weight excluding hydrogens is 390 g/mol. The SMILES string of the molecule is Cc1ccc(OC(=O)c2cccc(S(=O)(=O)N3CCCC3)c2)c2c1CCCC2=O. The van der Waals surface area contributed by atoms with Crippen LogP contribution < -0.4 is 4.74 Å². The largest absolute Gasteiger partial charge is 0.422 e. The maximum absolute atomic E-state index is 12.8. The monoisotopic (exact) mass is 413 g/mol. The number of aryl methyl sites for hydroxylation is 1. The summed E-state index contributed by atoms with van der Waals surface area (Å²) in [5.41, 5.74) is 2.55. The number of rotatable bonds is 4. The van der Waals surface area contributed by atoms with Gasteiger partial charge in [0.2, 0.25) is 10.0 Å². The van der Waals surface area contributed by atoms with Gasteiger partial charge in [0.1, 0.15) is 5.75 Å². The second-order valence-electron chi connectivity index (χ2n) is 7.54. The lowest BCUT2D eigenvalue weighted by molar-refractivity contribution is 0.0731. The van der Waals surface area contributed by atoms with E-state index in [-0.39, 0.29) is 22.0 Å². The number of ketones is 1. The molecule has 0 atom stereocenters. The van der Waals surface area contributed by atoms with E-state index in [9.17, 15) is 18.0 Å². The van der Waals surface area contributed by atoms with Crippen LogP contribution in [0.5, 0.6) is 5.75 Å². The van der Waals surface area contributed by atoms with E-state index < -0.39 is 16.0 Å². The van der Waals surface area contributed by atoms with Crippen LogP contribution in [0.25, 0.3) is 0 Å². The van der Waals surface area contributed by atoms with Gasteiger partial charge in [-0.3, -0.25) is 4.79 Å². The van der Waals surface area contributed by atoms with Gasteiger partial charge in [-0.2, -0.15) is 4.31 Å². The number of hydrogen-bond donors (Lipinski definition) is 0. The molecule has 1 aliphatic carbocycles. The zero-order valence-electron chi connectivity index (χ0n) is 16.3. The molecule has 0 saturated carbocycles. The van der Waals surface area contributed by atoms with Crippen molar-refractivity contribution < 1.29 is 22.7 Å². The number of fused-ring (bicyclic) bond motifs is 1. The number of carbonyl (C=O) groups is 2. The highest BCUT2D eigenvalue weighted by Gasteiger charge is 2.28. The molecule has 2 aromatic rings. The van der Waals surface area contributed by atoms with Crippen LogP contribution in [0.15, 0.2) is 41.3 Å². The molecule has 2 aliphatic rings. The Morgan fingerprint density at radius 1 is 1.03 bits per heavy atom. The maximum Gasteiger partial charge on any atom is 0.343 e. The molecule has 0 radical (unpaired) electrons. The van der Waals surface area contributed by atoms with Crippen LogP contribution in [0.1, 0.15) is 57.5 Å². The number of sulfonamides is 1. The van der Waals surface area contributed by atoms with Gasteiger partial charge >= 0.3 is 5.97 Å². The van der Waals surface area contributed by atoms with Gasteiger partial charge in [-0.15, -0.1) is 0 Å². The maximum atomic E-state index is 12.8. The number of benzene rings is 2. The average Bonchev–Trinajstić information content (AvgIpc) is 3.26. The molecule has 1 saturated heterocycles. The summed E-state index contributed by atoms with van der Waals surface area (Å²) >= 11 is 0. The summed E-state index contributed by atoms with van der Waals surface area (Å²) < 4.78 is 32.5. The van der Waals surface area contributed by atoms with Gasteiger partial charge in [0, 0.05) is 19.5 Å². The molecule has 0 N–H and O–H groups in total. The summed E-state index contributed by atoms with van der Waals surface area (Å²) in [4.78, 5) is 25.3. The molecule has 6 nitrogen and oxygen atoms in total. The molecule has 7 heteroatoms. The van der Waals surface area contributed by atoms with Crippen LogP contribution in [0.2, 0.25) is 0 Å². The predicted octanol–water partition coefficient (Wildman–Crippen LogP) is 3.52. The average molecular weight is 413 g/mol. The van der Waals surface area contributed by atoms with E-state index >= 15 is 0 Å². The normalized spacial score (nSPS) is 17.2. The Labute approximate surface area is 170 Å². The van der Waals surface area contributed by atoms with Gasteiger partial charge in [-0.05, 0) is 68.0 Å². The van der Waals surface area contributed by atoms with Gasteiger partial charge in [0.15, 0.2) is 5.78 Å². The minimum atomic E-state index is -3.62. The number of Topliss-reactive ketones (excluding diaryl/α,β-unsaturated/α-hetero) is 1. The Hall–Kier alpha value is -2.51. The molecule has 2 aromatic carbocycles. The van der Waals surface area contributed by atoms with Crippen molar-refractivity contribution in [2.24, 2.45) is 0 Å². The zero-order chi connectivity index (χ0) is 20.6. The van der Waals surface area contributed by atoms with Gasteiger partial charge in [0.05, 0.1) is 16.0 Å². The topological polar surface area (TPSA) is 80.8 Å². The molecular formula is C22H23NO5S. The fourth-order valence-corrected chi connectivity index (χ4v) is 5.58. The van der Waals surface area contributed by atoms with Crippen molar-refractivity contribution in [1.82, 2.24) is 4.31 Å². The first-order chi connectivity index (χ1) is 13.9. The van der Waals surface area contributed by atoms with Crippen LogP contribution in [0.3, 0.4) is 0 Å². The molecule has 4 rings (SSSR count). The lowest BCUT2D eigenvalue weighted by atomic mass is 9.87. The fourth-order valence-electron chi connectivity index (χ4n) is 4.01. The second-order valence-corrected chi connectivity index (χ2v) is 9.48. The van der Waals surface area contributed by atoms with Crippen LogP contribution in [0.4, 0.5) is 0 Å². The molecule has 0 spiro atoms. The smallest absolute Gasteiger partial charge is 0.343 e. The van der Waals surface area contributed by atoms with Crippen molar-refractivity contribution in [3.05, 3.63) is 58.7 Å². The lowest BCUT2D eigenvalue weighted by Gasteiger charge is -2.20. The molecule has 1 fully saturated rings. The van der Waals surface area contributed by atoms with Crippen molar-refractivity contribution in [3.63, 3.8) is 0 Å². The Balaban J connectivity index is 1.63. The van der Waals surface area contributed by atoms with E-state index in [1.165, 1.54) is 28.6 Å². The molecule has 0 bridgehead atoms. The number of ether oxygens (including phenoxy) is 1. The van der Waals surface area contributed by atoms with Crippen LogP contribution in [0, 0.1) is 6.92 Å². The van der Waals surface area contributed by atoms with Crippen molar-refractivity contribution in [3.8, 4) is 5.75 Å². The molecule has 0 unspecified atom stereocenters. The minimum Gasteiger partial charge on any atom is -0.422 e. The highest BCUT2D eigenvalue weighted by Crippen LogP contribution is 2.32. The number of hydrogen-bond acceptors (Lipinski definition) is 5. The molecule has 1 heterocycles. The van der Waals surface area contributed by atoms with Gasteiger partial charge in [-0.1, -0.05) is 12.1 Å². The summed E-state index contributed by atoms with van der Waals surface area (Å²) in [5.74, 6) is -0.455. The van der Waals surface area contributed by atoms with Crippen LogP contribution in [-0.2, 0) is 16.4 Å². The number of carbonyl (C=O) groups excluding carboxylic acids is 2. The molecule has 0 aromatic heterocycles. The fraction of sp³-hybridized carbons (Fsp3) is 0.364. The highest BCUT2D eigenvalue weighted by atomic mass is 32.2. The molecule has 1 aliphatic heterocycles. The lowest BCUT2D eigenvalue weighted by Crippen LogP contribution is -2.28. The Bertz CT molecular complexity index is 1080. The van der Waals surface area contributed by atoms with Crippen LogP contribution >= 0.6 is 0 Å². The van der Waals surface area contributed by atoms with Crippen LogP contribution in [-0.4, -0.2) is 37.6 Å². The van der Waals surface area contributed by atoms with E-state index in [1.807, 2.05) is 13.0 Å². The first kappa shape index (κ1) is 19.8. The number of nitrogens with zero attached hydrogens (tertiary/aromatic N) is 1. The third-order valence-electron chi connectivity index (χ3n) is 5.59. The van der Waals surface area contributed by atoms with E-state index in [1.54, 1.807) is 6.07 Å². The quantitative estimate of drug-likeness (QED) is 0.566. The summed E-state index contributed by atoms with van der Waals surface area (Å²) in [6.45, 7) is 2.93. The summed E-state index contributed by atoms with van der Waals surface area (Å²) in [6.07, 6.45) is 3.69. The zero-order valence-corrected chi connectivity index (χ0v) is 17.1. The van der Waals surface area contributed by atoms with E-state index in [0.717, 1.165) is 36.8 Å². The van der Waals surface area contributed by atoms with Gasteiger partial charge < -0.3 is 4.74 Å². The Morgan fingerprint density at radius 3 is 2.55 bits per heavy atom. The summed E-state index contributed by atoms with van der Waals surface area (Å²) in [6, 6.07) is 9.37. The first-order valence-corrected chi connectivity index (χ1v) is 11.3. The molecule has 29 heavy (non-hydrogen) atoms. The summed E-state index contributed by atoms with van der Waals surface area (Å²) in [7, 11) is -3.62. The molecule has 152 valence electrons. The standard InChI is InChI=1S/C22H23NO5S/c1-15-10-11-20(21-18(15)8-5-9-19(21)24)28-22(25)16-6-4-7-17(14-16)29(26,27)23-12-2-3-13-23/h4,6-7,10-11,14H,2-3,5,8-9,12-13H2,1H3. The third kappa shape index (κ3) is 3.72.